The van der Waals surface area contributed by atoms with Crippen molar-refractivity contribution in [2.24, 2.45) is 5.41 Å². The molecule has 1 aromatic heterocycles. The van der Waals surface area contributed by atoms with Gasteiger partial charge in [0.25, 0.3) is 0 Å². The van der Waals surface area contributed by atoms with Crippen molar-refractivity contribution in [1.29, 1.82) is 0 Å². The minimum Gasteiger partial charge on any atom is -0.345 e. The minimum atomic E-state index is -0.430. The Labute approximate surface area is 172 Å². The number of carbonyl (C=O) groups is 3. The number of hydrogen-bond donors (Lipinski definition) is 1. The number of nitrogens with zero attached hydrogens (tertiary/aromatic N) is 3. The second kappa shape index (κ2) is 9.37. The standard InChI is InChI=1S/C22H32N4O3/c1-3-6-19(24-17(2)27)21(29)25-13-10-22(11-14-25)9-8-20(28)26(16-22)15-18-7-4-5-12-23-18/h4-5,7,12,19H,3,6,8-11,13-16H2,1-2H3,(H,24,27)/t19-/m0/s1. The molecule has 0 aliphatic carbocycles. The van der Waals surface area contributed by atoms with E-state index in [9.17, 15) is 14.4 Å². The van der Waals surface area contributed by atoms with Gasteiger partial charge in [-0.15, -0.1) is 0 Å². The van der Waals surface area contributed by atoms with Crippen LogP contribution in [0.15, 0.2) is 24.4 Å². The van der Waals surface area contributed by atoms with Gasteiger partial charge in [0.1, 0.15) is 6.04 Å². The SMILES string of the molecule is CCC[C@H](NC(C)=O)C(=O)N1CCC2(CCC(=O)N(Cc3ccccn3)C2)CC1. The molecular formula is C22H32N4O3. The number of aromatic nitrogens is 1. The third-order valence-electron chi connectivity index (χ3n) is 6.22. The topological polar surface area (TPSA) is 82.6 Å². The summed E-state index contributed by atoms with van der Waals surface area (Å²) < 4.78 is 0. The quantitative estimate of drug-likeness (QED) is 0.793. The molecule has 2 fully saturated rings. The van der Waals surface area contributed by atoms with Crippen molar-refractivity contribution >= 4 is 17.7 Å². The lowest BCUT2D eigenvalue weighted by Gasteiger charge is -2.47. The van der Waals surface area contributed by atoms with Gasteiger partial charge in [-0.25, -0.2) is 0 Å². The van der Waals surface area contributed by atoms with E-state index in [0.717, 1.165) is 37.9 Å². The first kappa shape index (κ1) is 21.3. The number of rotatable bonds is 6. The molecule has 1 N–H and O–H groups in total. The molecule has 1 aromatic rings. The van der Waals surface area contributed by atoms with Crippen LogP contribution < -0.4 is 5.32 Å². The van der Waals surface area contributed by atoms with Gasteiger partial charge >= 0.3 is 0 Å². The Kier molecular flexibility index (Phi) is 6.87. The molecule has 3 rings (SSSR count). The highest BCUT2D eigenvalue weighted by molar-refractivity contribution is 5.87. The largest absolute Gasteiger partial charge is 0.345 e. The molecule has 0 bridgehead atoms. The summed E-state index contributed by atoms with van der Waals surface area (Å²) in [7, 11) is 0. The Bertz CT molecular complexity index is 729. The van der Waals surface area contributed by atoms with E-state index in [2.05, 4.69) is 10.3 Å². The third kappa shape index (κ3) is 5.34. The molecule has 0 saturated carbocycles. The van der Waals surface area contributed by atoms with Crippen LogP contribution in [0.5, 0.6) is 0 Å². The number of pyridine rings is 1. The van der Waals surface area contributed by atoms with Gasteiger partial charge in [-0.05, 0) is 43.2 Å². The maximum absolute atomic E-state index is 12.9. The summed E-state index contributed by atoms with van der Waals surface area (Å²) in [6.45, 7) is 6.12. The Morgan fingerprint density at radius 2 is 2.00 bits per heavy atom. The first-order chi connectivity index (χ1) is 13.9. The van der Waals surface area contributed by atoms with Crippen LogP contribution in [0.1, 0.15) is 58.1 Å². The van der Waals surface area contributed by atoms with Crippen LogP contribution in [0.2, 0.25) is 0 Å². The van der Waals surface area contributed by atoms with Crippen molar-refractivity contribution in [3.05, 3.63) is 30.1 Å². The van der Waals surface area contributed by atoms with E-state index in [-0.39, 0.29) is 23.1 Å². The molecule has 0 aromatic carbocycles. The zero-order valence-electron chi connectivity index (χ0n) is 17.5. The van der Waals surface area contributed by atoms with Crippen LogP contribution in [0, 0.1) is 5.41 Å². The van der Waals surface area contributed by atoms with Gasteiger partial charge in [-0.3, -0.25) is 19.4 Å². The summed E-state index contributed by atoms with van der Waals surface area (Å²) in [6.07, 6.45) is 6.49. The summed E-state index contributed by atoms with van der Waals surface area (Å²) >= 11 is 0. The number of carbonyl (C=O) groups excluding carboxylic acids is 3. The van der Waals surface area contributed by atoms with E-state index in [1.165, 1.54) is 6.92 Å². The highest BCUT2D eigenvalue weighted by Gasteiger charge is 2.42. The van der Waals surface area contributed by atoms with Crippen LogP contribution in [0.25, 0.3) is 0 Å². The fourth-order valence-electron chi connectivity index (χ4n) is 4.55. The van der Waals surface area contributed by atoms with Crippen LogP contribution in [-0.2, 0) is 20.9 Å². The Balaban J connectivity index is 1.60. The predicted molar refractivity (Wildman–Crippen MR) is 110 cm³/mol. The summed E-state index contributed by atoms with van der Waals surface area (Å²) in [5.74, 6) is 0.0452. The van der Waals surface area contributed by atoms with Crippen molar-refractivity contribution in [2.75, 3.05) is 19.6 Å². The molecule has 1 spiro atoms. The van der Waals surface area contributed by atoms with Crippen LogP contribution in [-0.4, -0.2) is 58.2 Å². The second-order valence-electron chi connectivity index (χ2n) is 8.44. The van der Waals surface area contributed by atoms with Crippen LogP contribution in [0.3, 0.4) is 0 Å². The fraction of sp³-hybridized carbons (Fsp3) is 0.636. The lowest BCUT2D eigenvalue weighted by Crippen LogP contribution is -2.55. The van der Waals surface area contributed by atoms with Gasteiger partial charge in [-0.2, -0.15) is 0 Å². The molecule has 2 aliphatic rings. The molecule has 3 amide bonds. The van der Waals surface area contributed by atoms with Crippen molar-refractivity contribution in [1.82, 2.24) is 20.1 Å². The number of hydrogen-bond acceptors (Lipinski definition) is 4. The highest BCUT2D eigenvalue weighted by atomic mass is 16.2. The first-order valence-corrected chi connectivity index (χ1v) is 10.7. The molecule has 2 aliphatic heterocycles. The molecule has 7 nitrogen and oxygen atoms in total. The molecule has 1 atom stereocenters. The minimum absolute atomic E-state index is 0.0223. The first-order valence-electron chi connectivity index (χ1n) is 10.7. The second-order valence-corrected chi connectivity index (χ2v) is 8.44. The zero-order valence-corrected chi connectivity index (χ0v) is 17.5. The zero-order chi connectivity index (χ0) is 20.9. The van der Waals surface area contributed by atoms with Crippen molar-refractivity contribution in [2.45, 2.75) is 65.0 Å². The average Bonchev–Trinajstić information content (AvgIpc) is 2.71. The maximum atomic E-state index is 12.9. The van der Waals surface area contributed by atoms with Gasteiger partial charge in [0, 0.05) is 39.2 Å². The molecule has 7 heteroatoms. The van der Waals surface area contributed by atoms with E-state index < -0.39 is 6.04 Å². The van der Waals surface area contributed by atoms with Crippen molar-refractivity contribution in [3.63, 3.8) is 0 Å². The monoisotopic (exact) mass is 400 g/mol. The third-order valence-corrected chi connectivity index (χ3v) is 6.22. The van der Waals surface area contributed by atoms with E-state index in [1.54, 1.807) is 6.20 Å². The number of piperidine rings is 2. The highest BCUT2D eigenvalue weighted by Crippen LogP contribution is 2.40. The van der Waals surface area contributed by atoms with Gasteiger partial charge in [0.15, 0.2) is 0 Å². The molecule has 3 heterocycles. The maximum Gasteiger partial charge on any atom is 0.245 e. The van der Waals surface area contributed by atoms with Gasteiger partial charge < -0.3 is 15.1 Å². The molecule has 2 saturated heterocycles. The Morgan fingerprint density at radius 1 is 1.24 bits per heavy atom. The predicted octanol–water partition coefficient (Wildman–Crippen LogP) is 2.12. The summed E-state index contributed by atoms with van der Waals surface area (Å²) in [4.78, 5) is 45.0. The van der Waals surface area contributed by atoms with Crippen molar-refractivity contribution < 1.29 is 14.4 Å². The normalized spacial score (nSPS) is 19.9. The van der Waals surface area contributed by atoms with E-state index >= 15 is 0 Å². The molecule has 158 valence electrons. The number of nitrogens with one attached hydrogen (secondary N) is 1. The van der Waals surface area contributed by atoms with E-state index in [0.29, 0.717) is 32.5 Å². The van der Waals surface area contributed by atoms with Crippen molar-refractivity contribution in [3.8, 4) is 0 Å². The van der Waals surface area contributed by atoms with Crippen LogP contribution in [0.4, 0.5) is 0 Å². The summed E-state index contributed by atoms with van der Waals surface area (Å²) in [5.41, 5.74) is 0.983. The van der Waals surface area contributed by atoms with E-state index in [1.807, 2.05) is 34.9 Å². The molecule has 0 unspecified atom stereocenters. The Hall–Kier alpha value is -2.44. The smallest absolute Gasteiger partial charge is 0.245 e. The van der Waals surface area contributed by atoms with Gasteiger partial charge in [0.2, 0.25) is 17.7 Å². The lowest BCUT2D eigenvalue weighted by molar-refractivity contribution is -0.144. The fourth-order valence-corrected chi connectivity index (χ4v) is 4.55. The average molecular weight is 401 g/mol. The van der Waals surface area contributed by atoms with Gasteiger partial charge in [0.05, 0.1) is 12.2 Å². The summed E-state index contributed by atoms with van der Waals surface area (Å²) in [5, 5.41) is 2.80. The van der Waals surface area contributed by atoms with E-state index in [4.69, 9.17) is 0 Å². The number of amides is 3. The number of likely N-dealkylation sites (tertiary alicyclic amines) is 2. The Morgan fingerprint density at radius 3 is 2.62 bits per heavy atom. The molecular weight excluding hydrogens is 368 g/mol. The van der Waals surface area contributed by atoms with Crippen LogP contribution >= 0.6 is 0 Å². The molecule has 29 heavy (non-hydrogen) atoms. The summed E-state index contributed by atoms with van der Waals surface area (Å²) in [6, 6.07) is 5.34. The molecule has 0 radical (unpaired) electrons. The lowest BCUT2D eigenvalue weighted by atomic mass is 9.72. The van der Waals surface area contributed by atoms with Gasteiger partial charge in [-0.1, -0.05) is 19.4 Å².